The van der Waals surface area contributed by atoms with Gasteiger partial charge in [-0.1, -0.05) is 0 Å². The molecule has 0 spiro atoms. The number of carbonyl (C=O) groups is 4. The zero-order valence-electron chi connectivity index (χ0n) is 11.0. The summed E-state index contributed by atoms with van der Waals surface area (Å²) in [5.74, 6) is -4.60. The van der Waals surface area contributed by atoms with E-state index >= 15 is 0 Å². The van der Waals surface area contributed by atoms with Crippen LogP contribution in [0, 0.1) is 0 Å². The molecule has 0 saturated heterocycles. The topological polar surface area (TPSA) is 161 Å². The maximum absolute atomic E-state index is 11.4. The van der Waals surface area contributed by atoms with Crippen LogP contribution in [0.15, 0.2) is 24.3 Å². The van der Waals surface area contributed by atoms with E-state index in [9.17, 15) is 24.3 Å². The molecule has 112 valence electrons. The summed E-state index contributed by atoms with van der Waals surface area (Å²) >= 11 is 0. The van der Waals surface area contributed by atoms with Crippen molar-refractivity contribution in [2.24, 2.45) is 11.5 Å². The van der Waals surface area contributed by atoms with Gasteiger partial charge in [0.05, 0.1) is 22.3 Å². The van der Waals surface area contributed by atoms with Gasteiger partial charge in [0.2, 0.25) is 11.8 Å². The fourth-order valence-corrected chi connectivity index (χ4v) is 2.12. The summed E-state index contributed by atoms with van der Waals surface area (Å²) in [4.78, 5) is 45.1. The molecule has 0 heterocycles. The second-order valence-electron chi connectivity index (χ2n) is 4.48. The zero-order chi connectivity index (χ0) is 16.6. The Hall–Kier alpha value is -3.42. The first-order chi connectivity index (χ1) is 10.2. The van der Waals surface area contributed by atoms with Gasteiger partial charge in [0.15, 0.2) is 0 Å². The van der Waals surface area contributed by atoms with Crippen molar-refractivity contribution in [1.82, 2.24) is 0 Å². The van der Waals surface area contributed by atoms with E-state index in [1.54, 1.807) is 0 Å². The van der Waals surface area contributed by atoms with Gasteiger partial charge in [-0.15, -0.1) is 0 Å². The molecular formula is C14H10N2O6. The molecule has 8 heteroatoms. The number of benzene rings is 2. The van der Waals surface area contributed by atoms with E-state index in [0.29, 0.717) is 0 Å². The number of aromatic carboxylic acids is 2. The molecule has 22 heavy (non-hydrogen) atoms. The molecule has 2 aromatic rings. The zero-order valence-corrected chi connectivity index (χ0v) is 11.0. The Kier molecular flexibility index (Phi) is 3.52. The lowest BCUT2D eigenvalue weighted by Gasteiger charge is -2.09. The van der Waals surface area contributed by atoms with Crippen LogP contribution in [-0.2, 0) is 0 Å². The third kappa shape index (κ3) is 2.44. The Morgan fingerprint density at radius 3 is 1.73 bits per heavy atom. The molecule has 8 nitrogen and oxygen atoms in total. The lowest BCUT2D eigenvalue weighted by atomic mass is 9.95. The number of hydrogen-bond acceptors (Lipinski definition) is 4. The molecule has 0 unspecified atom stereocenters. The highest BCUT2D eigenvalue weighted by Crippen LogP contribution is 2.25. The fraction of sp³-hybridized carbons (Fsp3) is 0. The highest BCUT2D eigenvalue weighted by molar-refractivity contribution is 6.14. The Balaban J connectivity index is 2.96. The van der Waals surface area contributed by atoms with Gasteiger partial charge in [0, 0.05) is 0 Å². The van der Waals surface area contributed by atoms with Crippen LogP contribution in [-0.4, -0.2) is 34.0 Å². The van der Waals surface area contributed by atoms with Crippen molar-refractivity contribution in [3.63, 3.8) is 0 Å². The first kappa shape index (κ1) is 15.0. The number of carboxylic acid groups (broad SMARTS) is 2. The van der Waals surface area contributed by atoms with Gasteiger partial charge in [-0.05, 0) is 35.0 Å². The molecule has 2 rings (SSSR count). The Morgan fingerprint density at radius 2 is 1.27 bits per heavy atom. The number of carbonyl (C=O) groups excluding carboxylic acids is 2. The third-order valence-electron chi connectivity index (χ3n) is 3.10. The van der Waals surface area contributed by atoms with Crippen molar-refractivity contribution in [3.05, 3.63) is 46.5 Å². The summed E-state index contributed by atoms with van der Waals surface area (Å²) in [5.41, 5.74) is 9.28. The molecule has 0 aromatic heterocycles. The predicted octanol–water partition coefficient (Wildman–Crippen LogP) is 0.434. The number of rotatable bonds is 4. The standard InChI is InChI=1S/C14H10N2O6/c15-11(17)8-2-5-1-6(13(19)20)3-10(14(21)22)7(5)4-9(8)12(16)18/h1-4H,(H2,15,17)(H2,16,18)(H,19,20)(H,21,22). The number of nitrogens with two attached hydrogens (primary N) is 2. The van der Waals surface area contributed by atoms with Crippen LogP contribution >= 0.6 is 0 Å². The molecular weight excluding hydrogens is 292 g/mol. The average Bonchev–Trinajstić information content (AvgIpc) is 2.43. The van der Waals surface area contributed by atoms with Crippen LogP contribution in [0.4, 0.5) is 0 Å². The molecule has 0 bridgehead atoms. The van der Waals surface area contributed by atoms with Crippen molar-refractivity contribution in [3.8, 4) is 0 Å². The van der Waals surface area contributed by atoms with Crippen LogP contribution in [0.3, 0.4) is 0 Å². The number of fused-ring (bicyclic) bond motifs is 1. The first-order valence-corrected chi connectivity index (χ1v) is 5.90. The first-order valence-electron chi connectivity index (χ1n) is 5.90. The second kappa shape index (κ2) is 5.17. The van der Waals surface area contributed by atoms with Crippen molar-refractivity contribution >= 4 is 34.5 Å². The van der Waals surface area contributed by atoms with E-state index in [1.165, 1.54) is 6.07 Å². The largest absolute Gasteiger partial charge is 0.478 e. The van der Waals surface area contributed by atoms with Gasteiger partial charge < -0.3 is 21.7 Å². The van der Waals surface area contributed by atoms with Gasteiger partial charge in [0.25, 0.3) is 0 Å². The molecule has 0 fully saturated rings. The average molecular weight is 302 g/mol. The summed E-state index contributed by atoms with van der Waals surface area (Å²) < 4.78 is 0. The summed E-state index contributed by atoms with van der Waals surface area (Å²) in [5, 5.41) is 18.4. The molecule has 2 amide bonds. The van der Waals surface area contributed by atoms with E-state index < -0.39 is 23.8 Å². The Labute approximate surface area is 122 Å². The Bertz CT molecular complexity index is 856. The lowest BCUT2D eigenvalue weighted by Crippen LogP contribution is -2.20. The summed E-state index contributed by atoms with van der Waals surface area (Å²) in [6, 6.07) is 4.41. The van der Waals surface area contributed by atoms with Crippen LogP contribution in [0.1, 0.15) is 41.4 Å². The highest BCUT2D eigenvalue weighted by atomic mass is 16.4. The molecule has 0 aliphatic carbocycles. The molecule has 2 aromatic carbocycles. The SMILES string of the molecule is NC(=O)c1cc2cc(C(=O)O)cc(C(=O)O)c2cc1C(N)=O. The minimum Gasteiger partial charge on any atom is -0.478 e. The van der Waals surface area contributed by atoms with Gasteiger partial charge >= 0.3 is 11.9 Å². The summed E-state index contributed by atoms with van der Waals surface area (Å²) in [7, 11) is 0. The number of primary amides is 2. The van der Waals surface area contributed by atoms with E-state index in [-0.39, 0.29) is 33.0 Å². The number of hydrogen-bond donors (Lipinski definition) is 4. The minimum atomic E-state index is -1.38. The maximum atomic E-state index is 11.4. The molecule has 6 N–H and O–H groups in total. The van der Waals surface area contributed by atoms with E-state index in [4.69, 9.17) is 16.6 Å². The van der Waals surface area contributed by atoms with Gasteiger partial charge in [-0.25, -0.2) is 9.59 Å². The lowest BCUT2D eigenvalue weighted by molar-refractivity contribution is 0.0696. The maximum Gasteiger partial charge on any atom is 0.336 e. The smallest absolute Gasteiger partial charge is 0.336 e. The van der Waals surface area contributed by atoms with Gasteiger partial charge in [0.1, 0.15) is 0 Å². The van der Waals surface area contributed by atoms with E-state index in [2.05, 4.69) is 0 Å². The highest BCUT2D eigenvalue weighted by Gasteiger charge is 2.19. The van der Waals surface area contributed by atoms with Crippen molar-refractivity contribution in [2.45, 2.75) is 0 Å². The summed E-state index contributed by atoms with van der Waals surface area (Å²) in [6.07, 6.45) is 0. The minimum absolute atomic E-state index is 0.0799. The number of carboxylic acids is 2. The molecule has 0 aliphatic rings. The predicted molar refractivity (Wildman–Crippen MR) is 74.9 cm³/mol. The third-order valence-corrected chi connectivity index (χ3v) is 3.10. The van der Waals surface area contributed by atoms with Crippen LogP contribution < -0.4 is 11.5 Å². The van der Waals surface area contributed by atoms with E-state index in [1.807, 2.05) is 0 Å². The van der Waals surface area contributed by atoms with Gasteiger partial charge in [-0.2, -0.15) is 0 Å². The van der Waals surface area contributed by atoms with Crippen LogP contribution in [0.5, 0.6) is 0 Å². The molecule has 0 saturated carbocycles. The number of amides is 2. The van der Waals surface area contributed by atoms with Crippen molar-refractivity contribution in [2.75, 3.05) is 0 Å². The molecule has 0 radical (unpaired) electrons. The normalized spacial score (nSPS) is 10.4. The van der Waals surface area contributed by atoms with Gasteiger partial charge in [-0.3, -0.25) is 9.59 Å². The molecule has 0 atom stereocenters. The second-order valence-corrected chi connectivity index (χ2v) is 4.48. The van der Waals surface area contributed by atoms with E-state index in [0.717, 1.165) is 18.2 Å². The fourth-order valence-electron chi connectivity index (χ4n) is 2.12. The summed E-state index contributed by atoms with van der Waals surface area (Å²) in [6.45, 7) is 0. The van der Waals surface area contributed by atoms with Crippen molar-refractivity contribution < 1.29 is 29.4 Å². The van der Waals surface area contributed by atoms with Crippen LogP contribution in [0.25, 0.3) is 10.8 Å². The van der Waals surface area contributed by atoms with Crippen LogP contribution in [0.2, 0.25) is 0 Å². The van der Waals surface area contributed by atoms with Crippen molar-refractivity contribution in [1.29, 1.82) is 0 Å². The monoisotopic (exact) mass is 302 g/mol. The molecule has 0 aliphatic heterocycles. The Morgan fingerprint density at radius 1 is 0.727 bits per heavy atom. The quantitative estimate of drug-likeness (QED) is 0.640.